The zero-order valence-electron chi connectivity index (χ0n) is 12.9. The van der Waals surface area contributed by atoms with Crippen LogP contribution in [0.2, 0.25) is 0 Å². The van der Waals surface area contributed by atoms with Crippen LogP contribution in [0.4, 0.5) is 0 Å². The van der Waals surface area contributed by atoms with Gasteiger partial charge in [-0.15, -0.1) is 0 Å². The molecule has 2 saturated heterocycles. The molecule has 118 valence electrons. The highest BCUT2D eigenvalue weighted by atomic mass is 16.4. The van der Waals surface area contributed by atoms with E-state index in [1.54, 1.807) is 0 Å². The van der Waals surface area contributed by atoms with E-state index in [2.05, 4.69) is 27.4 Å². The van der Waals surface area contributed by atoms with Crippen molar-refractivity contribution in [2.24, 2.45) is 5.92 Å². The molecule has 0 aromatic rings. The van der Waals surface area contributed by atoms with Crippen LogP contribution in [-0.4, -0.2) is 86.3 Å². The van der Waals surface area contributed by atoms with Crippen LogP contribution in [0, 0.1) is 5.92 Å². The Kier molecular flexibility index (Phi) is 8.77. The van der Waals surface area contributed by atoms with Crippen LogP contribution in [0.5, 0.6) is 0 Å². The number of nitrogens with one attached hydrogen (secondary N) is 2. The van der Waals surface area contributed by atoms with Crippen molar-refractivity contribution in [2.45, 2.75) is 13.8 Å². The van der Waals surface area contributed by atoms with Crippen molar-refractivity contribution >= 4 is 5.97 Å². The highest BCUT2D eigenvalue weighted by Gasteiger charge is 2.19. The van der Waals surface area contributed by atoms with Crippen LogP contribution in [0.1, 0.15) is 13.8 Å². The van der Waals surface area contributed by atoms with Gasteiger partial charge in [0.1, 0.15) is 0 Å². The third kappa shape index (κ3) is 8.47. The molecule has 0 aromatic carbocycles. The van der Waals surface area contributed by atoms with Crippen LogP contribution in [0.15, 0.2) is 0 Å². The molecule has 2 atom stereocenters. The van der Waals surface area contributed by atoms with Crippen molar-refractivity contribution in [3.63, 3.8) is 0 Å². The van der Waals surface area contributed by atoms with Gasteiger partial charge in [-0.2, -0.15) is 0 Å². The maximum Gasteiger partial charge on any atom is 0.300 e. The standard InChI is InChI=1S/C12H26N4.C2H4O2/c1-12-10-15-6-4-13-2-3-14-5-7-16(11-12)9-8-15;1-2(3)4/h12-14H,2-11H2,1H3;1H3,(H,3,4). The molecule has 2 bridgehead atoms. The quantitative estimate of drug-likeness (QED) is 0.559. The minimum Gasteiger partial charge on any atom is -0.481 e. The van der Waals surface area contributed by atoms with Gasteiger partial charge in [-0.1, -0.05) is 6.92 Å². The maximum atomic E-state index is 9.00. The number of aliphatic carboxylic acids is 1. The summed E-state index contributed by atoms with van der Waals surface area (Å²) in [6.07, 6.45) is 0. The lowest BCUT2D eigenvalue weighted by Crippen LogP contribution is -2.41. The molecule has 0 aromatic heterocycles. The fraction of sp³-hybridized carbons (Fsp3) is 0.929. The van der Waals surface area contributed by atoms with Crippen molar-refractivity contribution < 1.29 is 9.90 Å². The summed E-state index contributed by atoms with van der Waals surface area (Å²) < 4.78 is 0. The van der Waals surface area contributed by atoms with Crippen molar-refractivity contribution in [2.75, 3.05) is 65.4 Å². The van der Waals surface area contributed by atoms with Gasteiger partial charge in [-0.3, -0.25) is 4.79 Å². The van der Waals surface area contributed by atoms with Crippen molar-refractivity contribution in [3.8, 4) is 0 Å². The Morgan fingerprint density at radius 1 is 0.950 bits per heavy atom. The van der Waals surface area contributed by atoms with Gasteiger partial charge in [-0.25, -0.2) is 0 Å². The number of fused-ring (bicyclic) bond motifs is 3. The Morgan fingerprint density at radius 3 is 1.75 bits per heavy atom. The predicted molar refractivity (Wildman–Crippen MR) is 81.1 cm³/mol. The Morgan fingerprint density at radius 2 is 1.35 bits per heavy atom. The van der Waals surface area contributed by atoms with Crippen LogP contribution in [-0.2, 0) is 4.79 Å². The molecule has 0 saturated carbocycles. The summed E-state index contributed by atoms with van der Waals surface area (Å²) in [6, 6.07) is 0. The molecule has 20 heavy (non-hydrogen) atoms. The second-order valence-electron chi connectivity index (χ2n) is 5.73. The first-order chi connectivity index (χ1) is 9.58. The fourth-order valence-corrected chi connectivity index (χ4v) is 2.71. The first-order valence-corrected chi connectivity index (χ1v) is 7.63. The lowest BCUT2D eigenvalue weighted by molar-refractivity contribution is -0.134. The van der Waals surface area contributed by atoms with Crippen LogP contribution in [0.3, 0.4) is 0 Å². The molecule has 2 aliphatic heterocycles. The normalized spacial score (nSPS) is 32.0. The predicted octanol–water partition coefficient (Wildman–Crippen LogP) is -0.476. The number of hydrogen-bond donors (Lipinski definition) is 3. The summed E-state index contributed by atoms with van der Waals surface area (Å²) in [5.74, 6) is -0.0248. The van der Waals surface area contributed by atoms with Gasteiger partial charge in [0, 0.05) is 72.4 Å². The van der Waals surface area contributed by atoms with E-state index in [0.29, 0.717) is 0 Å². The van der Waals surface area contributed by atoms with Crippen LogP contribution in [0.25, 0.3) is 0 Å². The topological polar surface area (TPSA) is 67.8 Å². The lowest BCUT2D eigenvalue weighted by atomic mass is 10.1. The third-order valence-electron chi connectivity index (χ3n) is 3.56. The van der Waals surface area contributed by atoms with Gasteiger partial charge in [0.05, 0.1) is 0 Å². The van der Waals surface area contributed by atoms with Crippen molar-refractivity contribution in [3.05, 3.63) is 0 Å². The Balaban J connectivity index is 0.000000444. The van der Waals surface area contributed by atoms with Gasteiger partial charge < -0.3 is 25.5 Å². The largest absolute Gasteiger partial charge is 0.481 e. The molecule has 0 aliphatic carbocycles. The summed E-state index contributed by atoms with van der Waals surface area (Å²) in [5, 5.41) is 14.4. The fourth-order valence-electron chi connectivity index (χ4n) is 2.71. The van der Waals surface area contributed by atoms with Gasteiger partial charge >= 0.3 is 0 Å². The molecule has 6 heteroatoms. The molecule has 0 spiro atoms. The van der Waals surface area contributed by atoms with Gasteiger partial charge in [0.2, 0.25) is 0 Å². The number of carboxylic acid groups (broad SMARTS) is 1. The first kappa shape index (κ1) is 17.4. The van der Waals surface area contributed by atoms with Gasteiger partial charge in [0.25, 0.3) is 5.97 Å². The van der Waals surface area contributed by atoms with Crippen LogP contribution < -0.4 is 10.6 Å². The molecule has 2 aliphatic rings. The molecular weight excluding hydrogens is 256 g/mol. The zero-order chi connectivity index (χ0) is 14.8. The van der Waals surface area contributed by atoms with Gasteiger partial charge in [0.15, 0.2) is 0 Å². The van der Waals surface area contributed by atoms with Crippen molar-refractivity contribution in [1.29, 1.82) is 0 Å². The third-order valence-corrected chi connectivity index (χ3v) is 3.56. The number of hydrogen-bond acceptors (Lipinski definition) is 5. The summed E-state index contributed by atoms with van der Waals surface area (Å²) >= 11 is 0. The number of rotatable bonds is 0. The summed E-state index contributed by atoms with van der Waals surface area (Å²) in [7, 11) is 0. The monoisotopic (exact) mass is 286 g/mol. The Labute approximate surface area is 122 Å². The van der Waals surface area contributed by atoms with E-state index < -0.39 is 5.97 Å². The molecule has 2 unspecified atom stereocenters. The lowest BCUT2D eigenvalue weighted by Gasteiger charge is -2.23. The highest BCUT2D eigenvalue weighted by molar-refractivity contribution is 5.62. The summed E-state index contributed by atoms with van der Waals surface area (Å²) in [5.41, 5.74) is 0. The molecule has 0 radical (unpaired) electrons. The van der Waals surface area contributed by atoms with E-state index in [1.807, 2.05) is 0 Å². The average molecular weight is 286 g/mol. The van der Waals surface area contributed by atoms with Crippen molar-refractivity contribution in [1.82, 2.24) is 20.4 Å². The molecular formula is C14H30N4O2. The van der Waals surface area contributed by atoms with E-state index in [9.17, 15) is 0 Å². The second kappa shape index (κ2) is 10.1. The van der Waals surface area contributed by atoms with Crippen LogP contribution >= 0.6 is 0 Å². The summed E-state index contributed by atoms with van der Waals surface area (Å²) in [6.45, 7) is 15.4. The first-order valence-electron chi connectivity index (χ1n) is 7.63. The van der Waals surface area contributed by atoms with E-state index in [4.69, 9.17) is 9.90 Å². The number of carbonyl (C=O) groups is 1. The SMILES string of the molecule is CC(=O)O.CC1CN2CCNCCNCCN(CC2)C1. The maximum absolute atomic E-state index is 9.00. The molecule has 2 fully saturated rings. The van der Waals surface area contributed by atoms with E-state index >= 15 is 0 Å². The smallest absolute Gasteiger partial charge is 0.300 e. The zero-order valence-corrected chi connectivity index (χ0v) is 12.9. The summed E-state index contributed by atoms with van der Waals surface area (Å²) in [4.78, 5) is 14.2. The molecule has 2 heterocycles. The van der Waals surface area contributed by atoms with E-state index in [1.165, 1.54) is 39.3 Å². The van der Waals surface area contributed by atoms with Gasteiger partial charge in [-0.05, 0) is 5.92 Å². The molecule has 6 nitrogen and oxygen atoms in total. The molecule has 2 rings (SSSR count). The highest BCUT2D eigenvalue weighted by Crippen LogP contribution is 2.08. The van der Waals surface area contributed by atoms with E-state index in [-0.39, 0.29) is 0 Å². The Hall–Kier alpha value is -0.690. The second-order valence-corrected chi connectivity index (χ2v) is 5.73. The number of nitrogens with zero attached hydrogens (tertiary/aromatic N) is 2. The minimum atomic E-state index is -0.833. The Bertz CT molecular complexity index is 252. The number of carboxylic acids is 1. The molecule has 0 amide bonds. The molecule has 3 N–H and O–H groups in total. The average Bonchev–Trinajstić information content (AvgIpc) is 2.51. The van der Waals surface area contributed by atoms with E-state index in [0.717, 1.165) is 39.0 Å². The minimum absolute atomic E-state index is 0.809.